The van der Waals surface area contributed by atoms with E-state index in [9.17, 15) is 9.90 Å². The van der Waals surface area contributed by atoms with Gasteiger partial charge in [-0.2, -0.15) is 0 Å². The molecule has 0 aliphatic carbocycles. The van der Waals surface area contributed by atoms with Crippen LogP contribution in [0.2, 0.25) is 0 Å². The Labute approximate surface area is 192 Å². The molecular formula is C27H26N4O2. The van der Waals surface area contributed by atoms with E-state index in [1.54, 1.807) is 18.2 Å². The van der Waals surface area contributed by atoms with Crippen molar-refractivity contribution in [2.75, 3.05) is 11.9 Å². The van der Waals surface area contributed by atoms with Crippen molar-refractivity contribution in [2.24, 2.45) is 7.05 Å². The molecule has 4 aromatic rings. The highest BCUT2D eigenvalue weighted by molar-refractivity contribution is 5.99. The average Bonchev–Trinajstić information content (AvgIpc) is 3.47. The van der Waals surface area contributed by atoms with Gasteiger partial charge < -0.3 is 25.6 Å². The topological polar surface area (TPSA) is 78.3 Å². The molecule has 1 aromatic heterocycles. The molecule has 0 spiro atoms. The maximum atomic E-state index is 12.6. The van der Waals surface area contributed by atoms with E-state index >= 15 is 0 Å². The summed E-state index contributed by atoms with van der Waals surface area (Å²) >= 11 is 0. The fourth-order valence-electron chi connectivity index (χ4n) is 5.40. The Hall–Kier alpha value is -3.77. The minimum atomic E-state index is -0.192. The second-order valence-electron chi connectivity index (χ2n) is 9.04. The van der Waals surface area contributed by atoms with Crippen LogP contribution in [0.15, 0.2) is 72.9 Å². The Kier molecular flexibility index (Phi) is 4.62. The molecular weight excluding hydrogens is 412 g/mol. The quantitative estimate of drug-likeness (QED) is 0.379. The lowest BCUT2D eigenvalue weighted by atomic mass is 9.84. The first-order valence-electron chi connectivity index (χ1n) is 11.3. The van der Waals surface area contributed by atoms with Crippen LogP contribution in [0.25, 0.3) is 10.9 Å². The fraction of sp³-hybridized carbons (Fsp3) is 0.222. The van der Waals surface area contributed by atoms with E-state index in [2.05, 4.69) is 70.2 Å². The summed E-state index contributed by atoms with van der Waals surface area (Å²) in [7, 11) is 2.06. The van der Waals surface area contributed by atoms with Crippen LogP contribution in [-0.4, -0.2) is 28.2 Å². The first-order chi connectivity index (χ1) is 16.1. The van der Waals surface area contributed by atoms with Gasteiger partial charge in [0.1, 0.15) is 5.75 Å². The van der Waals surface area contributed by atoms with Gasteiger partial charge in [-0.15, -0.1) is 0 Å². The summed E-state index contributed by atoms with van der Waals surface area (Å²) in [6, 6.07) is 21.9. The summed E-state index contributed by atoms with van der Waals surface area (Å²) in [6.45, 7) is 1.50. The van der Waals surface area contributed by atoms with Crippen molar-refractivity contribution in [1.29, 1.82) is 0 Å². The van der Waals surface area contributed by atoms with E-state index in [1.807, 2.05) is 12.1 Å². The van der Waals surface area contributed by atoms with Gasteiger partial charge in [-0.1, -0.05) is 30.3 Å². The number of carbonyl (C=O) groups excluding carboxylic acids is 1. The summed E-state index contributed by atoms with van der Waals surface area (Å²) < 4.78 is 2.14. The standard InChI is InChI=1S/C27H26N4O2/c1-31-11-10-17-7-6-16(12-24(17)31)14-28-15-23-25(20-4-2-3-5-22(20)29-23)26-21-13-18(32)8-9-19(21)27(33)30-26/h2-13,23,25-26,28-29,32H,14-15H2,1H3,(H,30,33). The maximum Gasteiger partial charge on any atom is 0.252 e. The van der Waals surface area contributed by atoms with Gasteiger partial charge in [-0.05, 0) is 58.5 Å². The number of para-hydroxylation sites is 1. The molecule has 2 aliphatic heterocycles. The number of aromatic nitrogens is 1. The monoisotopic (exact) mass is 438 g/mol. The SMILES string of the molecule is Cn1ccc2ccc(CNCC3Nc4ccccc4C3C3NC(=O)c4ccc(O)cc43)cc21. The second kappa shape index (κ2) is 7.67. The van der Waals surface area contributed by atoms with Gasteiger partial charge in [-0.25, -0.2) is 0 Å². The number of phenolic OH excluding ortho intramolecular Hbond substituents is 1. The first kappa shape index (κ1) is 19.9. The average molecular weight is 439 g/mol. The number of amides is 1. The van der Waals surface area contributed by atoms with E-state index in [0.717, 1.165) is 24.3 Å². The van der Waals surface area contributed by atoms with Crippen LogP contribution in [0.1, 0.15) is 39.0 Å². The number of fused-ring (bicyclic) bond motifs is 3. The summed E-state index contributed by atoms with van der Waals surface area (Å²) in [5, 5.41) is 21.8. The highest BCUT2D eigenvalue weighted by Crippen LogP contribution is 2.46. The number of hydrogen-bond acceptors (Lipinski definition) is 4. The van der Waals surface area contributed by atoms with Crippen molar-refractivity contribution in [3.63, 3.8) is 0 Å². The number of hydrogen-bond donors (Lipinski definition) is 4. The number of anilines is 1. The third-order valence-corrected chi connectivity index (χ3v) is 7.00. The lowest BCUT2D eigenvalue weighted by molar-refractivity contribution is 0.0951. The number of carbonyl (C=O) groups is 1. The number of aryl methyl sites for hydroxylation is 1. The maximum absolute atomic E-state index is 12.6. The molecule has 3 atom stereocenters. The zero-order valence-corrected chi connectivity index (χ0v) is 18.4. The Bertz CT molecular complexity index is 1380. The number of phenols is 1. The highest BCUT2D eigenvalue weighted by Gasteiger charge is 2.43. The zero-order valence-electron chi connectivity index (χ0n) is 18.4. The van der Waals surface area contributed by atoms with Crippen LogP contribution in [0, 0.1) is 0 Å². The van der Waals surface area contributed by atoms with Crippen molar-refractivity contribution >= 4 is 22.5 Å². The first-order valence-corrected chi connectivity index (χ1v) is 11.3. The van der Waals surface area contributed by atoms with Crippen LogP contribution in [-0.2, 0) is 13.6 Å². The number of aromatic hydroxyl groups is 1. The normalized spacial score (nSPS) is 21.0. The lowest BCUT2D eigenvalue weighted by Crippen LogP contribution is -2.38. The van der Waals surface area contributed by atoms with E-state index < -0.39 is 0 Å². The number of rotatable bonds is 5. The molecule has 4 N–H and O–H groups in total. The Balaban J connectivity index is 1.25. The molecule has 0 bridgehead atoms. The molecule has 6 heteroatoms. The molecule has 6 nitrogen and oxygen atoms in total. The van der Waals surface area contributed by atoms with Crippen LogP contribution < -0.4 is 16.0 Å². The molecule has 2 aliphatic rings. The van der Waals surface area contributed by atoms with Crippen LogP contribution in [0.4, 0.5) is 5.69 Å². The smallest absolute Gasteiger partial charge is 0.252 e. The summed E-state index contributed by atoms with van der Waals surface area (Å²) in [4.78, 5) is 12.6. The lowest BCUT2D eigenvalue weighted by Gasteiger charge is -2.27. The Morgan fingerprint density at radius 1 is 1.00 bits per heavy atom. The number of nitrogens with zero attached hydrogens (tertiary/aromatic N) is 1. The molecule has 6 rings (SSSR count). The summed E-state index contributed by atoms with van der Waals surface area (Å²) in [5.41, 5.74) is 6.26. The van der Waals surface area contributed by atoms with Crippen molar-refractivity contribution in [3.8, 4) is 5.75 Å². The van der Waals surface area contributed by atoms with E-state index in [-0.39, 0.29) is 29.7 Å². The van der Waals surface area contributed by atoms with Gasteiger partial charge in [-0.3, -0.25) is 4.79 Å². The van der Waals surface area contributed by atoms with Gasteiger partial charge in [0, 0.05) is 55.1 Å². The number of nitrogens with one attached hydrogen (secondary N) is 3. The highest BCUT2D eigenvalue weighted by atomic mass is 16.3. The third kappa shape index (κ3) is 3.34. The second-order valence-corrected chi connectivity index (χ2v) is 9.04. The number of benzene rings is 3. The summed E-state index contributed by atoms with van der Waals surface area (Å²) in [6.07, 6.45) is 2.08. The van der Waals surface area contributed by atoms with Crippen molar-refractivity contribution in [2.45, 2.75) is 24.5 Å². The molecule has 3 aromatic carbocycles. The minimum absolute atomic E-state index is 0.0519. The third-order valence-electron chi connectivity index (χ3n) is 7.00. The Morgan fingerprint density at radius 3 is 2.79 bits per heavy atom. The molecule has 166 valence electrons. The van der Waals surface area contributed by atoms with Gasteiger partial charge in [0.05, 0.1) is 6.04 Å². The molecule has 0 radical (unpaired) electrons. The Morgan fingerprint density at radius 2 is 1.88 bits per heavy atom. The molecule has 3 unspecified atom stereocenters. The molecule has 0 saturated carbocycles. The van der Waals surface area contributed by atoms with Gasteiger partial charge >= 0.3 is 0 Å². The van der Waals surface area contributed by atoms with Gasteiger partial charge in [0.2, 0.25) is 0 Å². The van der Waals surface area contributed by atoms with Crippen molar-refractivity contribution in [1.82, 2.24) is 15.2 Å². The van der Waals surface area contributed by atoms with E-state index in [4.69, 9.17) is 0 Å². The van der Waals surface area contributed by atoms with Gasteiger partial charge in [0.25, 0.3) is 5.91 Å². The largest absolute Gasteiger partial charge is 0.508 e. The minimum Gasteiger partial charge on any atom is -0.508 e. The predicted molar refractivity (Wildman–Crippen MR) is 130 cm³/mol. The molecule has 33 heavy (non-hydrogen) atoms. The van der Waals surface area contributed by atoms with Crippen molar-refractivity contribution < 1.29 is 9.90 Å². The molecule has 0 saturated heterocycles. The molecule has 1 amide bonds. The van der Waals surface area contributed by atoms with Gasteiger partial charge in [0.15, 0.2) is 0 Å². The fourth-order valence-corrected chi connectivity index (χ4v) is 5.40. The van der Waals surface area contributed by atoms with Crippen LogP contribution in [0.3, 0.4) is 0 Å². The van der Waals surface area contributed by atoms with Crippen molar-refractivity contribution in [3.05, 3.63) is 95.2 Å². The zero-order chi connectivity index (χ0) is 22.5. The van der Waals surface area contributed by atoms with E-state index in [0.29, 0.717) is 5.56 Å². The summed E-state index contributed by atoms with van der Waals surface area (Å²) in [5.74, 6) is 0.151. The van der Waals surface area contributed by atoms with Crippen LogP contribution >= 0.6 is 0 Å². The molecule has 0 fully saturated rings. The van der Waals surface area contributed by atoms with E-state index in [1.165, 1.54) is 22.0 Å². The predicted octanol–water partition coefficient (Wildman–Crippen LogP) is 4.04. The molecule has 3 heterocycles. The van der Waals surface area contributed by atoms with Crippen LogP contribution in [0.5, 0.6) is 5.75 Å².